The first-order valence-corrected chi connectivity index (χ1v) is 14.7. The van der Waals surface area contributed by atoms with E-state index in [9.17, 15) is 19.5 Å². The van der Waals surface area contributed by atoms with Crippen LogP contribution in [-0.2, 0) is 19.1 Å². The van der Waals surface area contributed by atoms with E-state index in [0.29, 0.717) is 28.9 Å². The van der Waals surface area contributed by atoms with Crippen LogP contribution in [0.5, 0.6) is 0 Å². The van der Waals surface area contributed by atoms with E-state index in [1.54, 1.807) is 18.2 Å². The zero-order valence-electron chi connectivity index (χ0n) is 24.4. The summed E-state index contributed by atoms with van der Waals surface area (Å²) < 4.78 is 12.1. The molecule has 0 saturated carbocycles. The maximum atomic E-state index is 13.4. The first-order chi connectivity index (χ1) is 18.5. The van der Waals surface area contributed by atoms with Crippen LogP contribution in [0, 0.1) is 6.92 Å². The summed E-state index contributed by atoms with van der Waals surface area (Å²) in [5, 5.41) is 15.6. The van der Waals surface area contributed by atoms with Crippen LogP contribution in [0.3, 0.4) is 0 Å². The Hall–Kier alpha value is -2.28. The molecule has 1 fully saturated rings. The summed E-state index contributed by atoms with van der Waals surface area (Å²) in [6, 6.07) is 11.8. The molecule has 8 nitrogen and oxygen atoms in total. The number of hydrogen-bond acceptors (Lipinski definition) is 7. The second-order valence-electron chi connectivity index (χ2n) is 10.8. The standard InChI is InChI=1S/C30H40N2O6S.Li/c1-19-8-6-7-9-22(19)24-18-20(10-11-23(24)27(33)32-25(28(34)35)14-17-39-5)26(29(36)38-30(2,3)4)37-21-12-15-31-16-13-21;/h6-11,18,21,25-26,31H,12-17H2,1-5H3,(H,32,33)(H,34,35);/t25-,26?;/m0./s1. The fraction of sp³-hybridized carbons (Fsp3) is 0.500. The minimum atomic E-state index is -1.08. The van der Waals surface area contributed by atoms with Crippen LogP contribution in [0.2, 0.25) is 0 Å². The van der Waals surface area contributed by atoms with Gasteiger partial charge in [-0.05, 0) is 106 Å². The minimum absolute atomic E-state index is 0. The number of ether oxygens (including phenoxy) is 2. The molecule has 2 aromatic carbocycles. The summed E-state index contributed by atoms with van der Waals surface area (Å²) in [6.07, 6.45) is 2.67. The molecule has 1 radical (unpaired) electrons. The van der Waals surface area contributed by atoms with Crippen LogP contribution in [0.4, 0.5) is 0 Å². The molecule has 0 aliphatic carbocycles. The number of carboxylic acids is 1. The summed E-state index contributed by atoms with van der Waals surface area (Å²) in [5.74, 6) is -1.45. The van der Waals surface area contributed by atoms with Gasteiger partial charge in [-0.1, -0.05) is 30.3 Å². The molecule has 3 rings (SSSR count). The van der Waals surface area contributed by atoms with Crippen molar-refractivity contribution < 1.29 is 29.0 Å². The average Bonchev–Trinajstić information content (AvgIpc) is 2.89. The molecule has 0 spiro atoms. The number of piperidine rings is 1. The predicted molar refractivity (Wildman–Crippen MR) is 160 cm³/mol. The monoisotopic (exact) mass is 563 g/mol. The largest absolute Gasteiger partial charge is 0.480 e. The SMILES string of the molecule is CSCC[C@H](NC(=O)c1ccc(C(OC2CCNCC2)C(=O)OC(C)(C)C)cc1-c1ccccc1C)C(=O)O.[Li]. The number of aryl methyl sites for hydroxylation is 1. The first-order valence-electron chi connectivity index (χ1n) is 13.3. The predicted octanol–water partition coefficient (Wildman–Crippen LogP) is 4.37. The van der Waals surface area contributed by atoms with E-state index in [1.165, 1.54) is 11.8 Å². The summed E-state index contributed by atoms with van der Waals surface area (Å²) in [4.78, 5) is 38.6. The number of nitrogens with one attached hydrogen (secondary N) is 2. The summed E-state index contributed by atoms with van der Waals surface area (Å²) >= 11 is 1.52. The van der Waals surface area contributed by atoms with Crippen molar-refractivity contribution in [2.75, 3.05) is 25.1 Å². The zero-order chi connectivity index (χ0) is 28.6. The Labute approximate surface area is 253 Å². The van der Waals surface area contributed by atoms with Gasteiger partial charge in [-0.25, -0.2) is 9.59 Å². The van der Waals surface area contributed by atoms with Crippen LogP contribution in [0.15, 0.2) is 42.5 Å². The normalized spacial score (nSPS) is 15.4. The van der Waals surface area contributed by atoms with E-state index in [-0.39, 0.29) is 25.0 Å². The third-order valence-electron chi connectivity index (χ3n) is 6.48. The molecule has 213 valence electrons. The van der Waals surface area contributed by atoms with Gasteiger partial charge < -0.3 is 25.2 Å². The molecule has 1 unspecified atom stereocenters. The molecule has 1 heterocycles. The number of carbonyl (C=O) groups is 3. The molecule has 10 heteroatoms. The number of rotatable bonds is 11. The van der Waals surface area contributed by atoms with E-state index < -0.39 is 35.6 Å². The van der Waals surface area contributed by atoms with Gasteiger partial charge in [0.1, 0.15) is 11.6 Å². The van der Waals surface area contributed by atoms with Crippen molar-refractivity contribution in [1.82, 2.24) is 10.6 Å². The molecule has 2 atom stereocenters. The number of thioether (sulfide) groups is 1. The molecule has 0 aromatic heterocycles. The smallest absolute Gasteiger partial charge is 0.340 e. The van der Waals surface area contributed by atoms with Crippen LogP contribution < -0.4 is 10.6 Å². The fourth-order valence-corrected chi connectivity index (χ4v) is 4.97. The van der Waals surface area contributed by atoms with Gasteiger partial charge in [0.15, 0.2) is 6.10 Å². The van der Waals surface area contributed by atoms with Gasteiger partial charge in [-0.15, -0.1) is 0 Å². The third kappa shape index (κ3) is 9.67. The Balaban J connectivity index is 0.00000560. The van der Waals surface area contributed by atoms with Crippen molar-refractivity contribution in [3.05, 3.63) is 59.2 Å². The van der Waals surface area contributed by atoms with Crippen LogP contribution in [0.25, 0.3) is 11.1 Å². The second-order valence-corrected chi connectivity index (χ2v) is 11.8. The summed E-state index contributed by atoms with van der Waals surface area (Å²) in [5.41, 5.74) is 2.55. The molecule has 2 aromatic rings. The third-order valence-corrected chi connectivity index (χ3v) is 7.12. The van der Waals surface area contributed by atoms with Crippen molar-refractivity contribution in [2.24, 2.45) is 0 Å². The van der Waals surface area contributed by atoms with Crippen molar-refractivity contribution >= 4 is 48.5 Å². The molecule has 40 heavy (non-hydrogen) atoms. The Morgan fingerprint density at radius 3 is 2.38 bits per heavy atom. The number of hydrogen-bond donors (Lipinski definition) is 3. The Morgan fingerprint density at radius 2 is 1.77 bits per heavy atom. The molecule has 1 amide bonds. The van der Waals surface area contributed by atoms with E-state index in [1.807, 2.05) is 58.2 Å². The number of amides is 1. The van der Waals surface area contributed by atoms with Gasteiger partial charge in [0.25, 0.3) is 5.91 Å². The first kappa shape index (κ1) is 33.9. The van der Waals surface area contributed by atoms with Crippen molar-refractivity contribution in [2.45, 2.75) is 70.8 Å². The second kappa shape index (κ2) is 15.6. The number of carboxylic acid groups (broad SMARTS) is 1. The zero-order valence-corrected chi connectivity index (χ0v) is 25.2. The number of aliphatic carboxylic acids is 1. The van der Waals surface area contributed by atoms with Gasteiger partial charge in [0, 0.05) is 24.4 Å². The van der Waals surface area contributed by atoms with Gasteiger partial charge in [0.2, 0.25) is 0 Å². The summed E-state index contributed by atoms with van der Waals surface area (Å²) in [7, 11) is 0. The topological polar surface area (TPSA) is 114 Å². The maximum Gasteiger partial charge on any atom is 0.340 e. The van der Waals surface area contributed by atoms with Gasteiger partial charge >= 0.3 is 11.9 Å². The van der Waals surface area contributed by atoms with Crippen LogP contribution in [-0.4, -0.2) is 84.7 Å². The van der Waals surface area contributed by atoms with Gasteiger partial charge in [-0.2, -0.15) is 11.8 Å². The van der Waals surface area contributed by atoms with E-state index in [4.69, 9.17) is 9.47 Å². The van der Waals surface area contributed by atoms with Crippen LogP contribution in [0.1, 0.15) is 67.6 Å². The minimum Gasteiger partial charge on any atom is -0.480 e. The number of esters is 1. The summed E-state index contributed by atoms with van der Waals surface area (Å²) in [6.45, 7) is 9.00. The Kier molecular flexibility index (Phi) is 13.3. The quantitative estimate of drug-likeness (QED) is 0.273. The van der Waals surface area contributed by atoms with Gasteiger partial charge in [-0.3, -0.25) is 4.79 Å². The van der Waals surface area contributed by atoms with E-state index in [0.717, 1.165) is 37.1 Å². The van der Waals surface area contributed by atoms with Crippen molar-refractivity contribution in [3.63, 3.8) is 0 Å². The molecule has 0 bridgehead atoms. The van der Waals surface area contributed by atoms with Crippen LogP contribution >= 0.6 is 11.8 Å². The van der Waals surface area contributed by atoms with Gasteiger partial charge in [0.05, 0.1) is 6.10 Å². The fourth-order valence-electron chi connectivity index (χ4n) is 4.50. The Morgan fingerprint density at radius 1 is 1.10 bits per heavy atom. The number of benzene rings is 2. The van der Waals surface area contributed by atoms with E-state index in [2.05, 4.69) is 10.6 Å². The molecular weight excluding hydrogens is 523 g/mol. The Bertz CT molecular complexity index is 1160. The average molecular weight is 564 g/mol. The molecule has 3 N–H and O–H groups in total. The number of carbonyl (C=O) groups excluding carboxylic acids is 2. The molecular formula is C30H40LiN2O6S. The van der Waals surface area contributed by atoms with Crippen molar-refractivity contribution in [3.8, 4) is 11.1 Å². The van der Waals surface area contributed by atoms with E-state index >= 15 is 0 Å². The molecule has 1 aliphatic rings. The molecule has 1 aliphatic heterocycles. The molecule has 1 saturated heterocycles. The maximum absolute atomic E-state index is 13.4. The van der Waals surface area contributed by atoms with Crippen molar-refractivity contribution in [1.29, 1.82) is 0 Å².